The van der Waals surface area contributed by atoms with Gasteiger partial charge >= 0.3 is 18.2 Å². The molecule has 1 N–H and O–H groups in total. The van der Waals surface area contributed by atoms with Crippen molar-refractivity contribution in [2.45, 2.75) is 50.9 Å². The number of carbonyl (C=O) groups is 2. The maximum absolute atomic E-state index is 13.8. The lowest BCUT2D eigenvalue weighted by molar-refractivity contribution is -0.178. The van der Waals surface area contributed by atoms with E-state index in [9.17, 15) is 31.5 Å². The topological polar surface area (TPSA) is 58.6 Å². The number of nitrogens with one attached hydrogen (secondary N) is 1. The zero-order valence-corrected chi connectivity index (χ0v) is 12.3. The van der Waals surface area contributed by atoms with Gasteiger partial charge in [-0.2, -0.15) is 13.2 Å². The first-order valence-corrected chi connectivity index (χ1v) is 6.46. The molecule has 0 unspecified atom stereocenters. The van der Waals surface area contributed by atoms with Crippen molar-refractivity contribution in [3.05, 3.63) is 0 Å². The highest BCUT2D eigenvalue weighted by Gasteiger charge is 2.50. The molecule has 1 fully saturated rings. The Bertz CT molecular complexity index is 445. The van der Waals surface area contributed by atoms with Gasteiger partial charge in [0, 0.05) is 6.54 Å². The Morgan fingerprint density at radius 2 is 1.77 bits per heavy atom. The fourth-order valence-electron chi connectivity index (χ4n) is 1.84. The third-order valence-electron chi connectivity index (χ3n) is 2.81. The number of alkyl halides is 5. The number of carbonyl (C=O) groups excluding carboxylic acids is 2. The zero-order valence-electron chi connectivity index (χ0n) is 12.3. The number of nitrogens with zero attached hydrogens (tertiary/aromatic N) is 1. The van der Waals surface area contributed by atoms with E-state index >= 15 is 0 Å². The van der Waals surface area contributed by atoms with Crippen LogP contribution in [0.5, 0.6) is 0 Å². The van der Waals surface area contributed by atoms with Gasteiger partial charge in [0.2, 0.25) is 0 Å². The lowest BCUT2D eigenvalue weighted by Gasteiger charge is -2.38. The van der Waals surface area contributed by atoms with Gasteiger partial charge in [0.1, 0.15) is 5.60 Å². The number of halogens is 5. The Hall–Kier alpha value is -1.61. The highest BCUT2D eigenvalue weighted by molar-refractivity contribution is 5.82. The van der Waals surface area contributed by atoms with Crippen molar-refractivity contribution in [1.82, 2.24) is 10.2 Å². The minimum Gasteiger partial charge on any atom is -0.444 e. The predicted octanol–water partition coefficient (Wildman–Crippen LogP) is 2.31. The van der Waals surface area contributed by atoms with Crippen LogP contribution in [0.25, 0.3) is 0 Å². The van der Waals surface area contributed by atoms with Gasteiger partial charge in [-0.05, 0) is 27.2 Å². The molecule has 0 aliphatic carbocycles. The highest BCUT2D eigenvalue weighted by Crippen LogP contribution is 2.29. The second-order valence-electron chi connectivity index (χ2n) is 5.98. The average Bonchev–Trinajstić information content (AvgIpc) is 2.27. The molecule has 1 heterocycles. The third-order valence-corrected chi connectivity index (χ3v) is 2.81. The van der Waals surface area contributed by atoms with Crippen molar-refractivity contribution < 1.29 is 36.3 Å². The van der Waals surface area contributed by atoms with Crippen LogP contribution in [0.15, 0.2) is 0 Å². The fourth-order valence-corrected chi connectivity index (χ4v) is 1.84. The number of ether oxygens (including phenoxy) is 1. The second-order valence-corrected chi connectivity index (χ2v) is 5.98. The van der Waals surface area contributed by atoms with Gasteiger partial charge < -0.3 is 15.0 Å². The Kier molecular flexibility index (Phi) is 4.93. The molecule has 1 rings (SSSR count). The van der Waals surface area contributed by atoms with Crippen LogP contribution in [-0.2, 0) is 9.53 Å². The van der Waals surface area contributed by atoms with Gasteiger partial charge in [-0.1, -0.05) is 0 Å². The molecule has 5 nitrogen and oxygen atoms in total. The maximum Gasteiger partial charge on any atom is 0.471 e. The summed E-state index contributed by atoms with van der Waals surface area (Å²) in [6.07, 6.45) is -6.72. The van der Waals surface area contributed by atoms with Crippen molar-refractivity contribution in [2.24, 2.45) is 0 Å². The van der Waals surface area contributed by atoms with Gasteiger partial charge in [0.25, 0.3) is 5.92 Å². The zero-order chi connectivity index (χ0) is 17.3. The van der Waals surface area contributed by atoms with Crippen LogP contribution >= 0.6 is 0 Å². The van der Waals surface area contributed by atoms with Crippen molar-refractivity contribution in [1.29, 1.82) is 0 Å². The molecule has 0 spiro atoms. The molecule has 2 amide bonds. The standard InChI is InChI=1S/C12H17F5N2O3/c1-10(2,3)22-9(21)19-5-4-7(11(13,14)6-19)18-8(20)12(15,16)17/h7H,4-6H2,1-3H3,(H,18,20)/t7-/m0/s1. The van der Waals surface area contributed by atoms with E-state index < -0.39 is 48.7 Å². The Morgan fingerprint density at radius 3 is 2.18 bits per heavy atom. The van der Waals surface area contributed by atoms with Crippen molar-refractivity contribution >= 4 is 12.0 Å². The SMILES string of the molecule is CC(C)(C)OC(=O)N1CC[C@H](NC(=O)C(F)(F)F)C(F)(F)C1. The van der Waals surface area contributed by atoms with E-state index in [1.165, 1.54) is 5.32 Å². The van der Waals surface area contributed by atoms with Crippen molar-refractivity contribution in [3.8, 4) is 0 Å². The molecule has 1 atom stereocenters. The van der Waals surface area contributed by atoms with Crippen LogP contribution in [0.2, 0.25) is 0 Å². The van der Waals surface area contributed by atoms with E-state index in [0.717, 1.165) is 0 Å². The van der Waals surface area contributed by atoms with E-state index in [1.54, 1.807) is 20.8 Å². The van der Waals surface area contributed by atoms with Crippen LogP contribution < -0.4 is 5.32 Å². The van der Waals surface area contributed by atoms with Crippen LogP contribution in [0.4, 0.5) is 26.7 Å². The molecule has 22 heavy (non-hydrogen) atoms. The Morgan fingerprint density at radius 1 is 1.23 bits per heavy atom. The summed E-state index contributed by atoms with van der Waals surface area (Å²) in [6, 6.07) is -1.99. The first kappa shape index (κ1) is 18.4. The normalized spacial score (nSPS) is 22.2. The van der Waals surface area contributed by atoms with Crippen LogP contribution in [0.3, 0.4) is 0 Å². The molecule has 0 aromatic heterocycles. The number of hydrogen-bond donors (Lipinski definition) is 1. The lowest BCUT2D eigenvalue weighted by atomic mass is 10.0. The van der Waals surface area contributed by atoms with E-state index in [0.29, 0.717) is 4.90 Å². The van der Waals surface area contributed by atoms with Gasteiger partial charge in [0.15, 0.2) is 0 Å². The molecule has 0 bridgehead atoms. The average molecular weight is 332 g/mol. The minimum atomic E-state index is -5.24. The second kappa shape index (κ2) is 5.88. The Balaban J connectivity index is 2.70. The molecule has 0 saturated carbocycles. The summed E-state index contributed by atoms with van der Waals surface area (Å²) in [7, 11) is 0. The molecule has 1 saturated heterocycles. The molecule has 1 aliphatic heterocycles. The van der Waals surface area contributed by atoms with E-state index in [-0.39, 0.29) is 6.54 Å². The molecule has 10 heteroatoms. The molecule has 0 aromatic rings. The molecular formula is C12H17F5N2O3. The predicted molar refractivity (Wildman–Crippen MR) is 65.4 cm³/mol. The summed E-state index contributed by atoms with van der Waals surface area (Å²) in [5, 5.41) is 1.26. The van der Waals surface area contributed by atoms with E-state index in [1.807, 2.05) is 0 Å². The quantitative estimate of drug-likeness (QED) is 0.750. The summed E-state index contributed by atoms with van der Waals surface area (Å²) in [6.45, 7) is 3.30. The van der Waals surface area contributed by atoms with Gasteiger partial charge in [-0.25, -0.2) is 13.6 Å². The maximum atomic E-state index is 13.8. The van der Waals surface area contributed by atoms with Gasteiger partial charge in [-0.15, -0.1) is 0 Å². The highest BCUT2D eigenvalue weighted by atomic mass is 19.4. The molecular weight excluding hydrogens is 315 g/mol. The number of hydrogen-bond acceptors (Lipinski definition) is 3. The van der Waals surface area contributed by atoms with Crippen LogP contribution in [-0.4, -0.2) is 53.7 Å². The lowest BCUT2D eigenvalue weighted by Crippen LogP contribution is -2.61. The van der Waals surface area contributed by atoms with Crippen molar-refractivity contribution in [2.75, 3.05) is 13.1 Å². The number of piperidine rings is 1. The molecule has 0 aromatic carbocycles. The minimum absolute atomic E-state index is 0.243. The van der Waals surface area contributed by atoms with Crippen LogP contribution in [0.1, 0.15) is 27.2 Å². The first-order chi connectivity index (χ1) is 9.72. The first-order valence-electron chi connectivity index (χ1n) is 6.46. The molecule has 1 aliphatic rings. The van der Waals surface area contributed by atoms with Gasteiger partial charge in [-0.3, -0.25) is 4.79 Å². The summed E-state index contributed by atoms with van der Waals surface area (Å²) < 4.78 is 68.9. The number of likely N-dealkylation sites (tertiary alicyclic amines) is 1. The van der Waals surface area contributed by atoms with Crippen molar-refractivity contribution in [3.63, 3.8) is 0 Å². The monoisotopic (exact) mass is 332 g/mol. The molecule has 128 valence electrons. The largest absolute Gasteiger partial charge is 0.471 e. The third kappa shape index (κ3) is 4.99. The summed E-state index contributed by atoms with van der Waals surface area (Å²) in [5.41, 5.74) is -0.881. The number of rotatable bonds is 1. The van der Waals surface area contributed by atoms with E-state index in [4.69, 9.17) is 4.74 Å². The van der Waals surface area contributed by atoms with Gasteiger partial charge in [0.05, 0.1) is 12.6 Å². The smallest absolute Gasteiger partial charge is 0.444 e. The number of amides is 2. The summed E-state index contributed by atoms with van der Waals surface area (Å²) >= 11 is 0. The summed E-state index contributed by atoms with van der Waals surface area (Å²) in [5.74, 6) is -6.11. The summed E-state index contributed by atoms with van der Waals surface area (Å²) in [4.78, 5) is 23.2. The van der Waals surface area contributed by atoms with E-state index in [2.05, 4.69) is 0 Å². The fraction of sp³-hybridized carbons (Fsp3) is 0.833. The molecule has 0 radical (unpaired) electrons. The van der Waals surface area contributed by atoms with Crippen LogP contribution in [0, 0.1) is 0 Å². The Labute approximate surface area is 123 Å².